The largest absolute Gasteiger partial charge is 0.445 e. The molecule has 0 bridgehead atoms. The van der Waals surface area contributed by atoms with Crippen molar-refractivity contribution in [1.82, 2.24) is 14.8 Å². The van der Waals surface area contributed by atoms with E-state index in [-0.39, 0.29) is 18.6 Å². The van der Waals surface area contributed by atoms with Gasteiger partial charge in [-0.2, -0.15) is 0 Å². The fraction of sp³-hybridized carbons (Fsp3) is 0.421. The number of piperazine rings is 1. The Morgan fingerprint density at radius 1 is 1.08 bits per heavy atom. The Balaban J connectivity index is 1.45. The fourth-order valence-corrected chi connectivity index (χ4v) is 3.86. The van der Waals surface area contributed by atoms with Crippen molar-refractivity contribution in [3.05, 3.63) is 51.5 Å². The lowest BCUT2D eigenvalue weighted by molar-refractivity contribution is -0.132. The molecule has 7 heteroatoms. The third kappa shape index (κ3) is 4.60. The monoisotopic (exact) mass is 373 g/mol. The number of aromatic nitrogens is 1. The summed E-state index contributed by atoms with van der Waals surface area (Å²) in [7, 11) is 0. The lowest BCUT2D eigenvalue weighted by Gasteiger charge is -2.34. The average Bonchev–Trinajstić information content (AvgIpc) is 2.97. The maximum absolute atomic E-state index is 12.5. The summed E-state index contributed by atoms with van der Waals surface area (Å²) < 4.78 is 5.35. The van der Waals surface area contributed by atoms with E-state index in [4.69, 9.17) is 4.74 Å². The van der Waals surface area contributed by atoms with Gasteiger partial charge in [0.2, 0.25) is 5.91 Å². The van der Waals surface area contributed by atoms with Crippen LogP contribution in [0.15, 0.2) is 30.3 Å². The molecular formula is C19H23N3O3S. The Labute approximate surface area is 157 Å². The number of carbonyl (C=O) groups is 2. The van der Waals surface area contributed by atoms with Crippen molar-refractivity contribution in [2.24, 2.45) is 0 Å². The average molecular weight is 373 g/mol. The van der Waals surface area contributed by atoms with Gasteiger partial charge in [-0.1, -0.05) is 30.3 Å². The van der Waals surface area contributed by atoms with E-state index in [1.807, 2.05) is 49.1 Å². The van der Waals surface area contributed by atoms with Crippen LogP contribution in [0.5, 0.6) is 0 Å². The molecule has 0 unspecified atom stereocenters. The van der Waals surface area contributed by atoms with Gasteiger partial charge >= 0.3 is 6.09 Å². The zero-order valence-corrected chi connectivity index (χ0v) is 15.9. The number of thiazole rings is 1. The van der Waals surface area contributed by atoms with Crippen molar-refractivity contribution in [2.45, 2.75) is 26.9 Å². The minimum atomic E-state index is -0.324. The number of rotatable bonds is 4. The number of carbonyl (C=O) groups excluding carboxylic acids is 2. The minimum absolute atomic E-state index is 0.0917. The number of benzene rings is 1. The summed E-state index contributed by atoms with van der Waals surface area (Å²) in [6, 6.07) is 9.61. The maximum Gasteiger partial charge on any atom is 0.410 e. The first-order chi connectivity index (χ1) is 12.5. The molecule has 138 valence electrons. The molecule has 0 saturated carbocycles. The van der Waals surface area contributed by atoms with Crippen LogP contribution in [0.1, 0.15) is 21.1 Å². The van der Waals surface area contributed by atoms with Crippen LogP contribution < -0.4 is 0 Å². The van der Waals surface area contributed by atoms with Gasteiger partial charge in [0.1, 0.15) is 6.61 Å². The smallest absolute Gasteiger partial charge is 0.410 e. The van der Waals surface area contributed by atoms with E-state index in [2.05, 4.69) is 4.98 Å². The third-order valence-corrected chi connectivity index (χ3v) is 5.48. The van der Waals surface area contributed by atoms with E-state index in [0.717, 1.165) is 21.1 Å². The topological polar surface area (TPSA) is 62.7 Å². The lowest BCUT2D eigenvalue weighted by Crippen LogP contribution is -2.51. The van der Waals surface area contributed by atoms with Gasteiger partial charge in [0.25, 0.3) is 0 Å². The molecule has 2 aromatic rings. The highest BCUT2D eigenvalue weighted by Gasteiger charge is 2.25. The number of ether oxygens (including phenoxy) is 1. The molecule has 1 aliphatic rings. The molecule has 1 aromatic heterocycles. The van der Waals surface area contributed by atoms with Crippen LogP contribution in [0.2, 0.25) is 0 Å². The molecule has 1 fully saturated rings. The molecule has 1 aromatic carbocycles. The number of aryl methyl sites for hydroxylation is 2. The van der Waals surface area contributed by atoms with Crippen LogP contribution in [-0.4, -0.2) is 53.0 Å². The second-order valence-electron chi connectivity index (χ2n) is 6.33. The van der Waals surface area contributed by atoms with Crippen molar-refractivity contribution in [1.29, 1.82) is 0 Å². The van der Waals surface area contributed by atoms with Crippen LogP contribution in [0.3, 0.4) is 0 Å². The van der Waals surface area contributed by atoms with Gasteiger partial charge < -0.3 is 14.5 Å². The lowest BCUT2D eigenvalue weighted by atomic mass is 10.2. The Kier molecular flexibility index (Phi) is 5.88. The van der Waals surface area contributed by atoms with Gasteiger partial charge in [-0.15, -0.1) is 11.3 Å². The van der Waals surface area contributed by atoms with Crippen molar-refractivity contribution in [3.63, 3.8) is 0 Å². The van der Waals surface area contributed by atoms with Gasteiger partial charge in [0.05, 0.1) is 17.1 Å². The van der Waals surface area contributed by atoms with E-state index >= 15 is 0 Å². The highest BCUT2D eigenvalue weighted by molar-refractivity contribution is 7.11. The van der Waals surface area contributed by atoms with Gasteiger partial charge in [0, 0.05) is 31.1 Å². The highest BCUT2D eigenvalue weighted by atomic mass is 32.1. The van der Waals surface area contributed by atoms with Crippen molar-refractivity contribution < 1.29 is 14.3 Å². The summed E-state index contributed by atoms with van der Waals surface area (Å²) in [4.78, 5) is 33.5. The molecule has 0 atom stereocenters. The molecule has 2 amide bonds. The summed E-state index contributed by atoms with van der Waals surface area (Å²) in [5.74, 6) is 0.0917. The number of nitrogens with zero attached hydrogens (tertiary/aromatic N) is 3. The van der Waals surface area contributed by atoms with E-state index < -0.39 is 0 Å². The van der Waals surface area contributed by atoms with Crippen LogP contribution >= 0.6 is 11.3 Å². The SMILES string of the molecule is Cc1nc(C)c(CC(=O)N2CCN(C(=O)OCc3ccccc3)CC2)s1. The summed E-state index contributed by atoms with van der Waals surface area (Å²) in [6.07, 6.45) is 0.0605. The number of hydrogen-bond donors (Lipinski definition) is 0. The summed E-state index contributed by atoms with van der Waals surface area (Å²) in [6.45, 7) is 6.23. The predicted octanol–water partition coefficient (Wildman–Crippen LogP) is 2.78. The van der Waals surface area contributed by atoms with E-state index in [1.54, 1.807) is 16.2 Å². The van der Waals surface area contributed by atoms with Gasteiger partial charge in [-0.25, -0.2) is 9.78 Å². The first kappa shape index (κ1) is 18.4. The Morgan fingerprint density at radius 3 is 2.35 bits per heavy atom. The molecule has 1 saturated heterocycles. The van der Waals surface area contributed by atoms with E-state index in [0.29, 0.717) is 32.6 Å². The third-order valence-electron chi connectivity index (χ3n) is 4.41. The Hall–Kier alpha value is -2.41. The Morgan fingerprint density at radius 2 is 1.73 bits per heavy atom. The molecule has 26 heavy (non-hydrogen) atoms. The number of amides is 2. The summed E-state index contributed by atoms with van der Waals surface area (Å²) >= 11 is 1.57. The second kappa shape index (κ2) is 8.31. The first-order valence-corrected chi connectivity index (χ1v) is 9.51. The molecule has 3 rings (SSSR count). The predicted molar refractivity (Wildman–Crippen MR) is 100 cm³/mol. The van der Waals surface area contributed by atoms with Crippen molar-refractivity contribution in [2.75, 3.05) is 26.2 Å². The first-order valence-electron chi connectivity index (χ1n) is 8.69. The summed E-state index contributed by atoms with van der Waals surface area (Å²) in [5, 5.41) is 0.983. The molecule has 0 aliphatic carbocycles. The van der Waals surface area contributed by atoms with Crippen molar-refractivity contribution in [3.8, 4) is 0 Å². The normalized spacial score (nSPS) is 14.4. The van der Waals surface area contributed by atoms with Crippen molar-refractivity contribution >= 4 is 23.3 Å². The van der Waals surface area contributed by atoms with Crippen LogP contribution in [0.4, 0.5) is 4.79 Å². The van der Waals surface area contributed by atoms with Crippen LogP contribution in [-0.2, 0) is 22.6 Å². The highest BCUT2D eigenvalue weighted by Crippen LogP contribution is 2.19. The quantitative estimate of drug-likeness (QED) is 0.827. The zero-order valence-electron chi connectivity index (χ0n) is 15.1. The Bertz CT molecular complexity index is 768. The van der Waals surface area contributed by atoms with Gasteiger partial charge in [0.15, 0.2) is 0 Å². The maximum atomic E-state index is 12.5. The fourth-order valence-electron chi connectivity index (χ4n) is 2.94. The molecule has 1 aliphatic heterocycles. The summed E-state index contributed by atoms with van der Waals surface area (Å²) in [5.41, 5.74) is 1.90. The number of hydrogen-bond acceptors (Lipinski definition) is 5. The molecular weight excluding hydrogens is 350 g/mol. The van der Waals surface area contributed by atoms with Crippen LogP contribution in [0.25, 0.3) is 0 Å². The van der Waals surface area contributed by atoms with E-state index in [1.165, 1.54) is 0 Å². The standard InChI is InChI=1S/C19H23N3O3S/c1-14-17(26-15(2)20-14)12-18(23)21-8-10-22(11-9-21)19(24)25-13-16-6-4-3-5-7-16/h3-7H,8-13H2,1-2H3. The minimum Gasteiger partial charge on any atom is -0.445 e. The van der Waals surface area contributed by atoms with Gasteiger partial charge in [-0.05, 0) is 19.4 Å². The zero-order chi connectivity index (χ0) is 18.5. The molecule has 6 nitrogen and oxygen atoms in total. The molecule has 0 radical (unpaired) electrons. The van der Waals surface area contributed by atoms with E-state index in [9.17, 15) is 9.59 Å². The molecule has 0 N–H and O–H groups in total. The van der Waals surface area contributed by atoms with Gasteiger partial charge in [-0.3, -0.25) is 4.79 Å². The second-order valence-corrected chi connectivity index (χ2v) is 7.61. The molecule has 2 heterocycles. The van der Waals surface area contributed by atoms with Crippen LogP contribution in [0, 0.1) is 13.8 Å². The molecule has 0 spiro atoms.